The quantitative estimate of drug-likeness (QED) is 0.881. The summed E-state index contributed by atoms with van der Waals surface area (Å²) >= 11 is 0. The van der Waals surface area contributed by atoms with Gasteiger partial charge < -0.3 is 14.5 Å². The molecule has 0 aromatic carbocycles. The molecule has 2 fully saturated rings. The molecule has 3 heteroatoms. The summed E-state index contributed by atoms with van der Waals surface area (Å²) in [5, 5.41) is 3.60. The first-order valence-electron chi connectivity index (χ1n) is 7.72. The molecule has 1 aliphatic carbocycles. The zero-order chi connectivity index (χ0) is 13.2. The lowest BCUT2D eigenvalue weighted by molar-refractivity contribution is -0.0123. The molecule has 4 atom stereocenters. The first kappa shape index (κ1) is 13.2. The Morgan fingerprint density at radius 2 is 2.05 bits per heavy atom. The van der Waals surface area contributed by atoms with E-state index in [0.717, 1.165) is 43.4 Å². The topological polar surface area (TPSA) is 34.4 Å². The van der Waals surface area contributed by atoms with Crippen LogP contribution in [0, 0.1) is 5.92 Å². The minimum Gasteiger partial charge on any atom is -0.463 e. The van der Waals surface area contributed by atoms with Gasteiger partial charge in [0.05, 0.1) is 0 Å². The molecule has 0 spiro atoms. The normalized spacial score (nSPS) is 34.4. The van der Waals surface area contributed by atoms with Gasteiger partial charge in [0.1, 0.15) is 17.6 Å². The Balaban J connectivity index is 1.59. The standard InChI is InChI=1S/C16H25NO2/c1-3-7-17-12-6-8-18-16(10-12)15-5-4-14(19-15)13-9-11(13)2/h4-5,11-13,16-17H,3,6-10H2,1-2H3. The van der Waals surface area contributed by atoms with Gasteiger partial charge >= 0.3 is 0 Å². The van der Waals surface area contributed by atoms with Crippen molar-refractivity contribution >= 4 is 0 Å². The Kier molecular flexibility index (Phi) is 3.94. The molecule has 19 heavy (non-hydrogen) atoms. The maximum Gasteiger partial charge on any atom is 0.133 e. The molecular formula is C16H25NO2. The molecule has 1 saturated heterocycles. The van der Waals surface area contributed by atoms with Crippen LogP contribution in [0.3, 0.4) is 0 Å². The third kappa shape index (κ3) is 3.03. The molecule has 1 saturated carbocycles. The van der Waals surface area contributed by atoms with Gasteiger partial charge in [0.25, 0.3) is 0 Å². The summed E-state index contributed by atoms with van der Waals surface area (Å²) in [4.78, 5) is 0. The fourth-order valence-electron chi connectivity index (χ4n) is 2.99. The van der Waals surface area contributed by atoms with E-state index < -0.39 is 0 Å². The van der Waals surface area contributed by atoms with Crippen molar-refractivity contribution in [2.24, 2.45) is 5.92 Å². The van der Waals surface area contributed by atoms with Crippen molar-refractivity contribution in [2.45, 2.75) is 57.6 Å². The number of nitrogens with one attached hydrogen (secondary N) is 1. The van der Waals surface area contributed by atoms with Crippen LogP contribution in [0.15, 0.2) is 16.5 Å². The second kappa shape index (κ2) is 5.68. The maximum atomic E-state index is 6.02. The van der Waals surface area contributed by atoms with Gasteiger partial charge in [-0.1, -0.05) is 13.8 Å². The summed E-state index contributed by atoms with van der Waals surface area (Å²) in [6, 6.07) is 4.84. The van der Waals surface area contributed by atoms with E-state index in [-0.39, 0.29) is 6.10 Å². The fourth-order valence-corrected chi connectivity index (χ4v) is 2.99. The Morgan fingerprint density at radius 3 is 2.79 bits per heavy atom. The Morgan fingerprint density at radius 1 is 1.26 bits per heavy atom. The van der Waals surface area contributed by atoms with Gasteiger partial charge in [-0.25, -0.2) is 0 Å². The van der Waals surface area contributed by atoms with Gasteiger partial charge in [0.2, 0.25) is 0 Å². The van der Waals surface area contributed by atoms with E-state index in [9.17, 15) is 0 Å². The Bertz CT molecular complexity index is 415. The number of ether oxygens (including phenoxy) is 1. The second-order valence-electron chi connectivity index (χ2n) is 6.09. The van der Waals surface area contributed by atoms with Crippen LogP contribution in [-0.2, 0) is 4.74 Å². The number of furan rings is 1. The molecule has 1 N–H and O–H groups in total. The van der Waals surface area contributed by atoms with Crippen molar-refractivity contribution in [1.29, 1.82) is 0 Å². The average Bonchev–Trinajstić information content (AvgIpc) is 2.98. The van der Waals surface area contributed by atoms with Crippen molar-refractivity contribution in [1.82, 2.24) is 5.32 Å². The zero-order valence-electron chi connectivity index (χ0n) is 12.0. The summed E-state index contributed by atoms with van der Waals surface area (Å²) in [6.45, 7) is 6.43. The minimum absolute atomic E-state index is 0.144. The van der Waals surface area contributed by atoms with Crippen LogP contribution in [0.1, 0.15) is 63.1 Å². The van der Waals surface area contributed by atoms with Crippen LogP contribution in [0.25, 0.3) is 0 Å². The maximum absolute atomic E-state index is 6.02. The van der Waals surface area contributed by atoms with Crippen molar-refractivity contribution in [3.05, 3.63) is 23.7 Å². The molecule has 2 aliphatic rings. The molecule has 3 nitrogen and oxygen atoms in total. The summed E-state index contributed by atoms with van der Waals surface area (Å²) in [6.07, 6.45) is 4.76. The van der Waals surface area contributed by atoms with E-state index in [1.165, 1.54) is 12.8 Å². The molecule has 2 heterocycles. The highest BCUT2D eigenvalue weighted by atomic mass is 16.5. The van der Waals surface area contributed by atoms with Crippen LogP contribution in [0.4, 0.5) is 0 Å². The third-order valence-electron chi connectivity index (χ3n) is 4.41. The van der Waals surface area contributed by atoms with Crippen molar-refractivity contribution in [2.75, 3.05) is 13.2 Å². The largest absolute Gasteiger partial charge is 0.463 e. The molecule has 1 aromatic heterocycles. The van der Waals surface area contributed by atoms with E-state index >= 15 is 0 Å². The van der Waals surface area contributed by atoms with E-state index in [2.05, 4.69) is 31.3 Å². The molecule has 0 radical (unpaired) electrons. The molecule has 4 unspecified atom stereocenters. The van der Waals surface area contributed by atoms with Crippen LogP contribution in [0.2, 0.25) is 0 Å². The zero-order valence-corrected chi connectivity index (χ0v) is 12.0. The average molecular weight is 263 g/mol. The lowest BCUT2D eigenvalue weighted by Crippen LogP contribution is -2.36. The molecule has 1 aliphatic heterocycles. The molecule has 0 amide bonds. The minimum atomic E-state index is 0.144. The van der Waals surface area contributed by atoms with Crippen molar-refractivity contribution < 1.29 is 9.15 Å². The van der Waals surface area contributed by atoms with Gasteiger partial charge in [-0.05, 0) is 50.3 Å². The van der Waals surface area contributed by atoms with Crippen molar-refractivity contribution in [3.63, 3.8) is 0 Å². The third-order valence-corrected chi connectivity index (χ3v) is 4.41. The fraction of sp³-hybridized carbons (Fsp3) is 0.750. The SMILES string of the molecule is CCCNC1CCOC(c2ccc(C3CC3C)o2)C1. The van der Waals surface area contributed by atoms with Crippen LogP contribution < -0.4 is 5.32 Å². The van der Waals surface area contributed by atoms with Gasteiger partial charge in [0, 0.05) is 18.6 Å². The Hall–Kier alpha value is -0.800. The molecule has 3 rings (SSSR count). The lowest BCUT2D eigenvalue weighted by atomic mass is 10.0. The summed E-state index contributed by atoms with van der Waals surface area (Å²) in [7, 11) is 0. The molecule has 106 valence electrons. The van der Waals surface area contributed by atoms with E-state index in [4.69, 9.17) is 9.15 Å². The van der Waals surface area contributed by atoms with Crippen molar-refractivity contribution in [3.8, 4) is 0 Å². The Labute approximate surface area is 115 Å². The smallest absolute Gasteiger partial charge is 0.133 e. The van der Waals surface area contributed by atoms with Gasteiger partial charge in [0.15, 0.2) is 0 Å². The van der Waals surface area contributed by atoms with Crippen LogP contribution >= 0.6 is 0 Å². The number of hydrogen-bond acceptors (Lipinski definition) is 3. The summed E-state index contributed by atoms with van der Waals surface area (Å²) < 4.78 is 11.9. The van der Waals surface area contributed by atoms with E-state index in [0.29, 0.717) is 12.0 Å². The highest BCUT2D eigenvalue weighted by molar-refractivity contribution is 5.19. The lowest BCUT2D eigenvalue weighted by Gasteiger charge is -2.29. The number of hydrogen-bond donors (Lipinski definition) is 1. The van der Waals surface area contributed by atoms with E-state index in [1.54, 1.807) is 0 Å². The second-order valence-corrected chi connectivity index (χ2v) is 6.09. The summed E-state index contributed by atoms with van der Waals surface area (Å²) in [5.41, 5.74) is 0. The van der Waals surface area contributed by atoms with Crippen LogP contribution in [0.5, 0.6) is 0 Å². The summed E-state index contributed by atoms with van der Waals surface area (Å²) in [5.74, 6) is 3.64. The first-order chi connectivity index (χ1) is 9.28. The molecule has 1 aromatic rings. The first-order valence-corrected chi connectivity index (χ1v) is 7.72. The highest BCUT2D eigenvalue weighted by Gasteiger charge is 2.37. The van der Waals surface area contributed by atoms with Gasteiger partial charge in [-0.2, -0.15) is 0 Å². The monoisotopic (exact) mass is 263 g/mol. The predicted molar refractivity (Wildman–Crippen MR) is 75.2 cm³/mol. The number of rotatable bonds is 5. The predicted octanol–water partition coefficient (Wildman–Crippen LogP) is 3.62. The van der Waals surface area contributed by atoms with E-state index in [1.807, 2.05) is 0 Å². The van der Waals surface area contributed by atoms with Crippen LogP contribution in [-0.4, -0.2) is 19.2 Å². The van der Waals surface area contributed by atoms with Gasteiger partial charge in [-0.3, -0.25) is 0 Å². The highest BCUT2D eigenvalue weighted by Crippen LogP contribution is 2.48. The van der Waals surface area contributed by atoms with Gasteiger partial charge in [-0.15, -0.1) is 0 Å². The molecular weight excluding hydrogens is 238 g/mol. The molecule has 0 bridgehead atoms.